The Kier molecular flexibility index (Phi) is 4.63. The number of aromatic nitrogens is 2. The monoisotopic (exact) mass is 308 g/mol. The molecule has 120 valence electrons. The summed E-state index contributed by atoms with van der Waals surface area (Å²) in [5.41, 5.74) is -1.86. The van der Waals surface area contributed by atoms with Gasteiger partial charge in [-0.3, -0.25) is 9.36 Å². The van der Waals surface area contributed by atoms with Gasteiger partial charge in [0.1, 0.15) is 16.9 Å². The van der Waals surface area contributed by atoms with Crippen LogP contribution in [-0.4, -0.2) is 34.7 Å². The number of nitrogens with zero attached hydrogens (tertiary/aromatic N) is 2. The van der Waals surface area contributed by atoms with Gasteiger partial charge in [-0.05, 0) is 33.6 Å². The maximum absolute atomic E-state index is 12.7. The van der Waals surface area contributed by atoms with E-state index in [0.717, 1.165) is 6.42 Å². The first-order chi connectivity index (χ1) is 10.5. The molecule has 2 heterocycles. The van der Waals surface area contributed by atoms with Crippen LogP contribution in [0.25, 0.3) is 0 Å². The smallest absolute Gasteiger partial charge is 0.345 e. The van der Waals surface area contributed by atoms with Crippen molar-refractivity contribution in [2.75, 3.05) is 13.2 Å². The van der Waals surface area contributed by atoms with Crippen LogP contribution in [0.1, 0.15) is 49.8 Å². The second kappa shape index (κ2) is 6.29. The second-order valence-electron chi connectivity index (χ2n) is 5.30. The first-order valence-corrected chi connectivity index (χ1v) is 7.41. The van der Waals surface area contributed by atoms with Crippen LogP contribution >= 0.6 is 0 Å². The number of ether oxygens (including phenoxy) is 2. The topological polar surface area (TPSA) is 87.5 Å². The molecule has 0 saturated heterocycles. The summed E-state index contributed by atoms with van der Waals surface area (Å²) in [6.07, 6.45) is 2.99. The molecule has 1 aromatic rings. The molecule has 1 atom stereocenters. The van der Waals surface area contributed by atoms with Gasteiger partial charge >= 0.3 is 11.9 Å². The average molecular weight is 308 g/mol. The number of aryl methyl sites for hydroxylation is 1. The van der Waals surface area contributed by atoms with Gasteiger partial charge in [-0.2, -0.15) is 0 Å². The van der Waals surface area contributed by atoms with Crippen LogP contribution < -0.4 is 5.56 Å². The van der Waals surface area contributed by atoms with Crippen molar-refractivity contribution in [3.8, 4) is 0 Å². The molecule has 2 rings (SSSR count). The Morgan fingerprint density at radius 3 is 2.64 bits per heavy atom. The molecular weight excluding hydrogens is 288 g/mol. The first-order valence-electron chi connectivity index (χ1n) is 7.41. The maximum Gasteiger partial charge on any atom is 0.345 e. The minimum Gasteiger partial charge on any atom is -0.464 e. The lowest BCUT2D eigenvalue weighted by Crippen LogP contribution is -2.51. The van der Waals surface area contributed by atoms with E-state index >= 15 is 0 Å². The van der Waals surface area contributed by atoms with Gasteiger partial charge in [0.05, 0.1) is 13.2 Å². The Morgan fingerprint density at radius 1 is 1.32 bits per heavy atom. The van der Waals surface area contributed by atoms with E-state index in [2.05, 4.69) is 4.98 Å². The number of carbonyl (C=O) groups excluding carboxylic acids is 2. The molecule has 1 aliphatic heterocycles. The van der Waals surface area contributed by atoms with E-state index in [9.17, 15) is 14.4 Å². The van der Waals surface area contributed by atoms with Gasteiger partial charge in [-0.1, -0.05) is 0 Å². The highest BCUT2D eigenvalue weighted by Gasteiger charge is 2.42. The Morgan fingerprint density at radius 2 is 2.00 bits per heavy atom. The fraction of sp³-hybridized carbons (Fsp3) is 0.600. The van der Waals surface area contributed by atoms with Crippen LogP contribution in [0.3, 0.4) is 0 Å². The van der Waals surface area contributed by atoms with Crippen LogP contribution in [0.2, 0.25) is 0 Å². The van der Waals surface area contributed by atoms with E-state index < -0.39 is 23.0 Å². The van der Waals surface area contributed by atoms with Crippen LogP contribution in [-0.2, 0) is 26.2 Å². The standard InChI is InChI=1S/C15H20N2O5/c1-4-21-13(19)10-9-16-11-7-6-8-15(3,14(20)22-5-2)17(11)12(10)18/h9H,4-8H2,1-3H3. The fourth-order valence-corrected chi connectivity index (χ4v) is 2.71. The minimum atomic E-state index is -1.14. The van der Waals surface area contributed by atoms with Crippen molar-refractivity contribution in [1.82, 2.24) is 9.55 Å². The van der Waals surface area contributed by atoms with Crippen molar-refractivity contribution in [2.24, 2.45) is 0 Å². The Labute approximate surface area is 128 Å². The average Bonchev–Trinajstić information content (AvgIpc) is 2.48. The van der Waals surface area contributed by atoms with Gasteiger partial charge in [0.25, 0.3) is 5.56 Å². The number of fused-ring (bicyclic) bond motifs is 1. The molecule has 0 amide bonds. The molecule has 1 unspecified atom stereocenters. The van der Waals surface area contributed by atoms with Crippen LogP contribution in [0.4, 0.5) is 0 Å². The molecule has 0 N–H and O–H groups in total. The summed E-state index contributed by atoms with van der Waals surface area (Å²) >= 11 is 0. The van der Waals surface area contributed by atoms with Crippen molar-refractivity contribution >= 4 is 11.9 Å². The lowest BCUT2D eigenvalue weighted by molar-refractivity contribution is -0.154. The van der Waals surface area contributed by atoms with Crippen molar-refractivity contribution < 1.29 is 19.1 Å². The van der Waals surface area contributed by atoms with E-state index in [4.69, 9.17) is 9.47 Å². The van der Waals surface area contributed by atoms with Gasteiger partial charge in [0.2, 0.25) is 0 Å². The molecule has 0 spiro atoms. The summed E-state index contributed by atoms with van der Waals surface area (Å²) in [6, 6.07) is 0. The largest absolute Gasteiger partial charge is 0.464 e. The Balaban J connectivity index is 2.57. The summed E-state index contributed by atoms with van der Waals surface area (Å²) in [4.78, 5) is 41.0. The molecule has 1 aliphatic rings. The van der Waals surface area contributed by atoms with E-state index in [-0.39, 0.29) is 18.8 Å². The molecule has 0 aliphatic carbocycles. The summed E-state index contributed by atoms with van der Waals surface area (Å²) in [7, 11) is 0. The predicted octanol–water partition coefficient (Wildman–Crippen LogP) is 1.03. The summed E-state index contributed by atoms with van der Waals surface area (Å²) in [5.74, 6) is -0.729. The molecule has 0 saturated carbocycles. The highest BCUT2D eigenvalue weighted by atomic mass is 16.5. The van der Waals surface area contributed by atoms with Crippen molar-refractivity contribution in [3.05, 3.63) is 27.9 Å². The zero-order chi connectivity index (χ0) is 16.3. The number of carbonyl (C=O) groups is 2. The molecule has 7 heteroatoms. The zero-order valence-corrected chi connectivity index (χ0v) is 13.0. The molecule has 1 aromatic heterocycles. The van der Waals surface area contributed by atoms with Crippen LogP contribution in [0.15, 0.2) is 11.0 Å². The van der Waals surface area contributed by atoms with Gasteiger partial charge in [-0.15, -0.1) is 0 Å². The SMILES string of the molecule is CCOC(=O)c1cnc2n(c1=O)C(C)(C(=O)OCC)CCC2. The predicted molar refractivity (Wildman–Crippen MR) is 77.7 cm³/mol. The zero-order valence-electron chi connectivity index (χ0n) is 13.0. The first kappa shape index (κ1) is 16.2. The third kappa shape index (κ3) is 2.63. The maximum atomic E-state index is 12.7. The molecule has 0 aromatic carbocycles. The number of esters is 2. The number of rotatable bonds is 4. The third-order valence-corrected chi connectivity index (χ3v) is 3.80. The Hall–Kier alpha value is -2.18. The van der Waals surface area contributed by atoms with E-state index in [1.165, 1.54) is 10.8 Å². The van der Waals surface area contributed by atoms with Gasteiger partial charge in [-0.25, -0.2) is 14.6 Å². The van der Waals surface area contributed by atoms with E-state index in [1.807, 2.05) is 0 Å². The lowest BCUT2D eigenvalue weighted by Gasteiger charge is -2.34. The quantitative estimate of drug-likeness (QED) is 0.772. The molecule has 0 radical (unpaired) electrons. The molecular formula is C15H20N2O5. The molecule has 0 fully saturated rings. The summed E-state index contributed by atoms with van der Waals surface area (Å²) in [5, 5.41) is 0. The second-order valence-corrected chi connectivity index (χ2v) is 5.30. The van der Waals surface area contributed by atoms with Crippen LogP contribution in [0, 0.1) is 0 Å². The summed E-state index contributed by atoms with van der Waals surface area (Å²) < 4.78 is 11.3. The van der Waals surface area contributed by atoms with Gasteiger partial charge < -0.3 is 9.47 Å². The highest BCUT2D eigenvalue weighted by Crippen LogP contribution is 2.29. The fourth-order valence-electron chi connectivity index (χ4n) is 2.71. The third-order valence-electron chi connectivity index (χ3n) is 3.80. The normalized spacial score (nSPS) is 20.1. The molecule has 22 heavy (non-hydrogen) atoms. The van der Waals surface area contributed by atoms with Gasteiger partial charge in [0.15, 0.2) is 0 Å². The minimum absolute atomic E-state index is 0.162. The lowest BCUT2D eigenvalue weighted by atomic mass is 9.90. The Bertz CT molecular complexity index is 652. The van der Waals surface area contributed by atoms with Gasteiger partial charge in [0, 0.05) is 12.6 Å². The van der Waals surface area contributed by atoms with Crippen molar-refractivity contribution in [1.29, 1.82) is 0 Å². The van der Waals surface area contributed by atoms with E-state index in [0.29, 0.717) is 18.7 Å². The van der Waals surface area contributed by atoms with Crippen LogP contribution in [0.5, 0.6) is 0 Å². The van der Waals surface area contributed by atoms with Crippen molar-refractivity contribution in [3.63, 3.8) is 0 Å². The molecule has 0 bridgehead atoms. The summed E-state index contributed by atoms with van der Waals surface area (Å²) in [6.45, 7) is 5.40. The highest BCUT2D eigenvalue weighted by molar-refractivity contribution is 5.89. The van der Waals surface area contributed by atoms with Crippen molar-refractivity contribution in [2.45, 2.75) is 45.6 Å². The molecule has 7 nitrogen and oxygen atoms in total. The number of hydrogen-bond donors (Lipinski definition) is 0. The van der Waals surface area contributed by atoms with E-state index in [1.54, 1.807) is 20.8 Å². The number of hydrogen-bond acceptors (Lipinski definition) is 6.